The van der Waals surface area contributed by atoms with Crippen molar-refractivity contribution < 1.29 is 19.1 Å². The third-order valence-electron chi connectivity index (χ3n) is 4.74. The molecule has 1 aromatic rings. The molecule has 1 unspecified atom stereocenters. The Morgan fingerprint density at radius 1 is 1.26 bits per heavy atom. The van der Waals surface area contributed by atoms with E-state index in [0.717, 1.165) is 19.4 Å². The quantitative estimate of drug-likeness (QED) is 0.729. The van der Waals surface area contributed by atoms with Crippen LogP contribution in [-0.2, 0) is 9.59 Å². The number of likely N-dealkylation sites (tertiary alicyclic amines) is 1. The summed E-state index contributed by atoms with van der Waals surface area (Å²) in [6.45, 7) is 2.68. The summed E-state index contributed by atoms with van der Waals surface area (Å²) < 4.78 is 5.38. The SMILES string of the molecule is Cl.NC(=O)COc1ccccc1C(=O)N1CCCC(N2CCNCC2=O)C1. The van der Waals surface area contributed by atoms with Crippen LogP contribution in [0.5, 0.6) is 5.75 Å². The van der Waals surface area contributed by atoms with E-state index in [-0.39, 0.29) is 36.9 Å². The lowest BCUT2D eigenvalue weighted by Gasteiger charge is -2.41. The first-order valence-electron chi connectivity index (χ1n) is 8.86. The topological polar surface area (TPSA) is 105 Å². The third-order valence-corrected chi connectivity index (χ3v) is 4.74. The van der Waals surface area contributed by atoms with Crippen LogP contribution in [0.4, 0.5) is 0 Å². The number of carbonyl (C=O) groups is 3. The Labute approximate surface area is 164 Å². The van der Waals surface area contributed by atoms with Crippen molar-refractivity contribution in [2.75, 3.05) is 39.3 Å². The van der Waals surface area contributed by atoms with Crippen LogP contribution in [0, 0.1) is 0 Å². The summed E-state index contributed by atoms with van der Waals surface area (Å²) in [5.74, 6) is -0.322. The zero-order valence-electron chi connectivity index (χ0n) is 15.1. The molecule has 3 amide bonds. The van der Waals surface area contributed by atoms with Gasteiger partial charge in [-0.2, -0.15) is 0 Å². The molecule has 0 bridgehead atoms. The van der Waals surface area contributed by atoms with Gasteiger partial charge in [-0.3, -0.25) is 14.4 Å². The number of amides is 3. The molecule has 0 aromatic heterocycles. The Morgan fingerprint density at radius 3 is 2.78 bits per heavy atom. The molecule has 9 heteroatoms. The van der Waals surface area contributed by atoms with Crippen molar-refractivity contribution in [3.8, 4) is 5.75 Å². The van der Waals surface area contributed by atoms with Crippen LogP contribution in [-0.4, -0.2) is 72.9 Å². The molecule has 3 N–H and O–H groups in total. The molecule has 27 heavy (non-hydrogen) atoms. The maximum atomic E-state index is 13.0. The number of para-hydroxylation sites is 1. The van der Waals surface area contributed by atoms with Crippen molar-refractivity contribution in [2.45, 2.75) is 18.9 Å². The van der Waals surface area contributed by atoms with Crippen LogP contribution in [0.3, 0.4) is 0 Å². The number of hydrogen-bond acceptors (Lipinski definition) is 5. The monoisotopic (exact) mass is 396 g/mol. The van der Waals surface area contributed by atoms with E-state index >= 15 is 0 Å². The second-order valence-corrected chi connectivity index (χ2v) is 6.56. The second-order valence-electron chi connectivity index (χ2n) is 6.56. The summed E-state index contributed by atoms with van der Waals surface area (Å²) in [7, 11) is 0. The fourth-order valence-corrected chi connectivity index (χ4v) is 3.49. The second kappa shape index (κ2) is 9.57. The lowest BCUT2D eigenvalue weighted by Crippen LogP contribution is -2.57. The molecule has 2 aliphatic rings. The highest BCUT2D eigenvalue weighted by molar-refractivity contribution is 5.97. The van der Waals surface area contributed by atoms with Crippen LogP contribution < -0.4 is 15.8 Å². The van der Waals surface area contributed by atoms with Crippen molar-refractivity contribution in [3.05, 3.63) is 29.8 Å². The fourth-order valence-electron chi connectivity index (χ4n) is 3.49. The predicted octanol–water partition coefficient (Wildman–Crippen LogP) is 0.00890. The molecule has 3 rings (SSSR count). The smallest absolute Gasteiger partial charge is 0.257 e. The molecule has 2 heterocycles. The zero-order chi connectivity index (χ0) is 18.5. The number of halogens is 1. The molecule has 1 aromatic carbocycles. The lowest BCUT2D eigenvalue weighted by molar-refractivity contribution is -0.135. The number of hydrogen-bond donors (Lipinski definition) is 2. The molecule has 8 nitrogen and oxygen atoms in total. The minimum atomic E-state index is -0.595. The Hall–Kier alpha value is -2.32. The summed E-state index contributed by atoms with van der Waals surface area (Å²) in [6, 6.07) is 6.87. The highest BCUT2D eigenvalue weighted by atomic mass is 35.5. The summed E-state index contributed by atoms with van der Waals surface area (Å²) in [5.41, 5.74) is 5.52. The van der Waals surface area contributed by atoms with Crippen molar-refractivity contribution in [1.29, 1.82) is 0 Å². The number of piperidine rings is 1. The molecule has 0 radical (unpaired) electrons. The van der Waals surface area contributed by atoms with E-state index in [1.165, 1.54) is 0 Å². The van der Waals surface area contributed by atoms with E-state index in [9.17, 15) is 14.4 Å². The number of nitrogens with two attached hydrogens (primary N) is 1. The van der Waals surface area contributed by atoms with Gasteiger partial charge in [0.1, 0.15) is 5.75 Å². The first-order chi connectivity index (χ1) is 12.6. The Kier molecular flexibility index (Phi) is 7.44. The molecule has 0 spiro atoms. The third kappa shape index (κ3) is 5.11. The molecular weight excluding hydrogens is 372 g/mol. The molecule has 0 saturated carbocycles. The van der Waals surface area contributed by atoms with Crippen molar-refractivity contribution in [2.24, 2.45) is 5.73 Å². The average Bonchev–Trinajstić information content (AvgIpc) is 2.66. The first kappa shape index (κ1) is 21.0. The van der Waals surface area contributed by atoms with E-state index in [4.69, 9.17) is 10.5 Å². The van der Waals surface area contributed by atoms with Gasteiger partial charge in [-0.05, 0) is 25.0 Å². The number of benzene rings is 1. The van der Waals surface area contributed by atoms with Gasteiger partial charge in [0.05, 0.1) is 12.1 Å². The van der Waals surface area contributed by atoms with E-state index in [0.29, 0.717) is 37.5 Å². The lowest BCUT2D eigenvalue weighted by atomic mass is 10.0. The van der Waals surface area contributed by atoms with Gasteiger partial charge < -0.3 is 25.6 Å². The summed E-state index contributed by atoms with van der Waals surface area (Å²) >= 11 is 0. The summed E-state index contributed by atoms with van der Waals surface area (Å²) in [6.07, 6.45) is 1.74. The van der Waals surface area contributed by atoms with Crippen LogP contribution in [0.2, 0.25) is 0 Å². The molecule has 1 atom stereocenters. The molecule has 2 saturated heterocycles. The number of nitrogens with one attached hydrogen (secondary N) is 1. The predicted molar refractivity (Wildman–Crippen MR) is 102 cm³/mol. The summed E-state index contributed by atoms with van der Waals surface area (Å²) in [4.78, 5) is 39.7. The number of carbonyl (C=O) groups excluding carboxylic acids is 3. The Balaban J connectivity index is 0.00000261. The maximum Gasteiger partial charge on any atom is 0.257 e. The molecule has 2 fully saturated rings. The van der Waals surface area contributed by atoms with Gasteiger partial charge in [-0.1, -0.05) is 12.1 Å². The van der Waals surface area contributed by atoms with Crippen LogP contribution in [0.1, 0.15) is 23.2 Å². The number of primary amides is 1. The average molecular weight is 397 g/mol. The number of rotatable bonds is 5. The van der Waals surface area contributed by atoms with E-state index < -0.39 is 5.91 Å². The van der Waals surface area contributed by atoms with Gasteiger partial charge in [0.25, 0.3) is 11.8 Å². The standard InChI is InChI=1S/C18H24N4O4.ClH/c19-16(23)12-26-15-6-2-1-5-14(15)18(25)21-8-3-4-13(11-21)22-9-7-20-10-17(22)24;/h1-2,5-6,13,20H,3-4,7-12H2,(H2,19,23);1H. The van der Waals surface area contributed by atoms with Gasteiger partial charge in [-0.25, -0.2) is 0 Å². The van der Waals surface area contributed by atoms with Crippen LogP contribution in [0.25, 0.3) is 0 Å². The molecule has 148 valence electrons. The molecule has 0 aliphatic carbocycles. The highest BCUT2D eigenvalue weighted by Gasteiger charge is 2.32. The van der Waals surface area contributed by atoms with Crippen molar-refractivity contribution in [3.63, 3.8) is 0 Å². The van der Waals surface area contributed by atoms with Gasteiger partial charge >= 0.3 is 0 Å². The largest absolute Gasteiger partial charge is 0.483 e. The van der Waals surface area contributed by atoms with Gasteiger partial charge in [0, 0.05) is 32.2 Å². The van der Waals surface area contributed by atoms with E-state index in [1.807, 2.05) is 4.90 Å². The van der Waals surface area contributed by atoms with Crippen molar-refractivity contribution in [1.82, 2.24) is 15.1 Å². The maximum absolute atomic E-state index is 13.0. The van der Waals surface area contributed by atoms with Gasteiger partial charge in [0.15, 0.2) is 6.61 Å². The summed E-state index contributed by atoms with van der Waals surface area (Å²) in [5, 5.41) is 3.07. The van der Waals surface area contributed by atoms with Crippen molar-refractivity contribution >= 4 is 30.1 Å². The molecule has 2 aliphatic heterocycles. The van der Waals surface area contributed by atoms with E-state index in [2.05, 4.69) is 5.32 Å². The zero-order valence-corrected chi connectivity index (χ0v) is 15.9. The number of ether oxygens (including phenoxy) is 1. The number of piperazine rings is 1. The van der Waals surface area contributed by atoms with Crippen LogP contribution >= 0.6 is 12.4 Å². The van der Waals surface area contributed by atoms with Gasteiger partial charge in [-0.15, -0.1) is 12.4 Å². The Bertz CT molecular complexity index is 700. The Morgan fingerprint density at radius 2 is 2.04 bits per heavy atom. The first-order valence-corrected chi connectivity index (χ1v) is 8.86. The van der Waals surface area contributed by atoms with Gasteiger partial charge in [0.2, 0.25) is 5.91 Å². The highest BCUT2D eigenvalue weighted by Crippen LogP contribution is 2.23. The minimum Gasteiger partial charge on any atom is -0.483 e. The molecular formula is C18H25ClN4O4. The van der Waals surface area contributed by atoms with E-state index in [1.54, 1.807) is 29.2 Å². The van der Waals surface area contributed by atoms with Crippen LogP contribution in [0.15, 0.2) is 24.3 Å². The minimum absolute atomic E-state index is 0. The fraction of sp³-hybridized carbons (Fsp3) is 0.500. The normalized spacial score (nSPS) is 20.0. The number of nitrogens with zero attached hydrogens (tertiary/aromatic N) is 2.